The molecule has 102 valence electrons. The van der Waals surface area contributed by atoms with E-state index < -0.39 is 6.29 Å². The molecule has 0 bridgehead atoms. The summed E-state index contributed by atoms with van der Waals surface area (Å²) in [5.41, 5.74) is 3.43. The molecule has 1 aromatic carbocycles. The highest BCUT2D eigenvalue weighted by molar-refractivity contribution is 7.10. The number of aromatic amines is 1. The molecule has 0 amide bonds. The van der Waals surface area contributed by atoms with E-state index in [9.17, 15) is 5.11 Å². The van der Waals surface area contributed by atoms with E-state index in [1.165, 1.54) is 18.4 Å². The van der Waals surface area contributed by atoms with E-state index in [4.69, 9.17) is 4.74 Å². The van der Waals surface area contributed by atoms with Gasteiger partial charge in [-0.05, 0) is 6.07 Å². The standard InChI is InChI=1S/C15H14N2O2S/c1-9(14-17-13(8-20-14)15(18)19-2)11-7-16-12-6-4-3-5-10(11)12/h3-8,15-16,18H,1H2,2H3. The quantitative estimate of drug-likeness (QED) is 0.723. The van der Waals surface area contributed by atoms with Crippen molar-refractivity contribution in [3.05, 3.63) is 58.7 Å². The largest absolute Gasteiger partial charge is 0.363 e. The zero-order chi connectivity index (χ0) is 14.1. The second-order valence-electron chi connectivity index (χ2n) is 4.39. The molecule has 2 N–H and O–H groups in total. The number of hydrogen-bond acceptors (Lipinski definition) is 4. The van der Waals surface area contributed by atoms with Gasteiger partial charge in [-0.1, -0.05) is 24.8 Å². The smallest absolute Gasteiger partial charge is 0.199 e. The summed E-state index contributed by atoms with van der Waals surface area (Å²) >= 11 is 1.44. The highest BCUT2D eigenvalue weighted by atomic mass is 32.1. The van der Waals surface area contributed by atoms with Gasteiger partial charge in [-0.25, -0.2) is 4.98 Å². The molecule has 0 saturated carbocycles. The molecule has 1 atom stereocenters. The first-order chi connectivity index (χ1) is 9.70. The minimum absolute atomic E-state index is 0.508. The number of methoxy groups -OCH3 is 1. The molecule has 0 spiro atoms. The van der Waals surface area contributed by atoms with Crippen molar-refractivity contribution in [2.24, 2.45) is 0 Å². The van der Waals surface area contributed by atoms with Gasteiger partial charge in [0.25, 0.3) is 0 Å². The van der Waals surface area contributed by atoms with Crippen molar-refractivity contribution in [1.29, 1.82) is 0 Å². The molecule has 0 aliphatic heterocycles. The molecule has 2 heterocycles. The van der Waals surface area contributed by atoms with E-state index in [1.54, 1.807) is 5.38 Å². The molecule has 0 fully saturated rings. The molecule has 3 aromatic rings. The summed E-state index contributed by atoms with van der Waals surface area (Å²) in [6.07, 6.45) is 0.941. The number of H-pyrrole nitrogens is 1. The Morgan fingerprint density at radius 1 is 1.45 bits per heavy atom. The predicted molar refractivity (Wildman–Crippen MR) is 80.5 cm³/mol. The van der Waals surface area contributed by atoms with Crippen LogP contribution in [0.5, 0.6) is 0 Å². The Morgan fingerprint density at radius 3 is 3.05 bits per heavy atom. The number of rotatable bonds is 4. The number of aliphatic hydroxyl groups is 1. The maximum Gasteiger partial charge on any atom is 0.199 e. The summed E-state index contributed by atoms with van der Waals surface area (Å²) < 4.78 is 4.85. The van der Waals surface area contributed by atoms with Gasteiger partial charge in [-0.3, -0.25) is 0 Å². The molecular formula is C15H14N2O2S. The Balaban J connectivity index is 1.98. The maximum absolute atomic E-state index is 9.61. The number of aliphatic hydroxyl groups excluding tert-OH is 1. The van der Waals surface area contributed by atoms with Crippen LogP contribution in [0.1, 0.15) is 22.6 Å². The Hall–Kier alpha value is -1.95. The van der Waals surface area contributed by atoms with E-state index in [0.717, 1.165) is 27.0 Å². The van der Waals surface area contributed by atoms with Gasteiger partial charge in [0.05, 0.1) is 0 Å². The Bertz CT molecular complexity index is 760. The van der Waals surface area contributed by atoms with Gasteiger partial charge >= 0.3 is 0 Å². The van der Waals surface area contributed by atoms with Gasteiger partial charge < -0.3 is 14.8 Å². The number of thiazole rings is 1. The molecule has 5 heteroatoms. The first kappa shape index (κ1) is 13.1. The van der Waals surface area contributed by atoms with Crippen LogP contribution in [-0.4, -0.2) is 22.2 Å². The van der Waals surface area contributed by atoms with E-state index >= 15 is 0 Å². The number of nitrogens with zero attached hydrogens (tertiary/aromatic N) is 1. The van der Waals surface area contributed by atoms with Crippen molar-refractivity contribution >= 4 is 27.8 Å². The van der Waals surface area contributed by atoms with E-state index in [0.29, 0.717) is 5.69 Å². The summed E-state index contributed by atoms with van der Waals surface area (Å²) in [7, 11) is 1.44. The summed E-state index contributed by atoms with van der Waals surface area (Å²) in [4.78, 5) is 7.60. The van der Waals surface area contributed by atoms with Crippen LogP contribution in [0.4, 0.5) is 0 Å². The van der Waals surface area contributed by atoms with Gasteiger partial charge in [0.1, 0.15) is 10.7 Å². The fourth-order valence-electron chi connectivity index (χ4n) is 2.10. The van der Waals surface area contributed by atoms with Gasteiger partial charge in [-0.2, -0.15) is 0 Å². The van der Waals surface area contributed by atoms with Crippen molar-refractivity contribution in [3.8, 4) is 0 Å². The fourth-order valence-corrected chi connectivity index (χ4v) is 2.91. The summed E-state index contributed by atoms with van der Waals surface area (Å²) in [5, 5.41) is 13.3. The molecule has 0 radical (unpaired) electrons. The van der Waals surface area contributed by atoms with Crippen LogP contribution in [0.3, 0.4) is 0 Å². The van der Waals surface area contributed by atoms with Crippen LogP contribution >= 0.6 is 11.3 Å². The third kappa shape index (κ3) is 2.16. The summed E-state index contributed by atoms with van der Waals surface area (Å²) in [6, 6.07) is 8.05. The average molecular weight is 286 g/mol. The molecule has 0 aliphatic carbocycles. The maximum atomic E-state index is 9.61. The second kappa shape index (κ2) is 5.20. The topological polar surface area (TPSA) is 58.1 Å². The number of benzene rings is 1. The molecule has 1 unspecified atom stereocenters. The van der Waals surface area contributed by atoms with Crippen LogP contribution in [0.25, 0.3) is 16.5 Å². The minimum atomic E-state index is -0.990. The van der Waals surface area contributed by atoms with Gasteiger partial charge in [0.15, 0.2) is 6.29 Å². The summed E-state index contributed by atoms with van der Waals surface area (Å²) in [6.45, 7) is 4.12. The van der Waals surface area contributed by atoms with E-state index in [-0.39, 0.29) is 0 Å². The fraction of sp³-hybridized carbons (Fsp3) is 0.133. The third-order valence-electron chi connectivity index (χ3n) is 3.17. The third-order valence-corrected chi connectivity index (χ3v) is 4.09. The van der Waals surface area contributed by atoms with Crippen molar-refractivity contribution in [2.75, 3.05) is 7.11 Å². The van der Waals surface area contributed by atoms with Crippen molar-refractivity contribution in [2.45, 2.75) is 6.29 Å². The normalized spacial score (nSPS) is 12.7. The number of nitrogens with one attached hydrogen (secondary N) is 1. The lowest BCUT2D eigenvalue weighted by Gasteiger charge is -2.04. The van der Waals surface area contributed by atoms with E-state index in [2.05, 4.69) is 16.5 Å². The van der Waals surface area contributed by atoms with Crippen molar-refractivity contribution in [1.82, 2.24) is 9.97 Å². The number of ether oxygens (including phenoxy) is 1. The first-order valence-corrected chi connectivity index (χ1v) is 7.00. The zero-order valence-corrected chi connectivity index (χ0v) is 11.8. The molecule has 0 aliphatic rings. The number of para-hydroxylation sites is 1. The number of hydrogen-bond donors (Lipinski definition) is 2. The summed E-state index contributed by atoms with van der Waals surface area (Å²) in [5.74, 6) is 0. The highest BCUT2D eigenvalue weighted by Crippen LogP contribution is 2.31. The van der Waals surface area contributed by atoms with Crippen LogP contribution in [0.15, 0.2) is 42.4 Å². The molecule has 3 rings (SSSR count). The lowest BCUT2D eigenvalue weighted by molar-refractivity contribution is -0.0795. The number of aromatic nitrogens is 2. The lowest BCUT2D eigenvalue weighted by atomic mass is 10.1. The Morgan fingerprint density at radius 2 is 2.25 bits per heavy atom. The zero-order valence-electron chi connectivity index (χ0n) is 11.0. The predicted octanol–water partition coefficient (Wildman–Crippen LogP) is 3.32. The van der Waals surface area contributed by atoms with Gasteiger partial charge in [0.2, 0.25) is 0 Å². The number of fused-ring (bicyclic) bond motifs is 1. The Labute approximate surface area is 120 Å². The van der Waals surface area contributed by atoms with Crippen LogP contribution in [-0.2, 0) is 4.74 Å². The molecule has 2 aromatic heterocycles. The average Bonchev–Trinajstić information content (AvgIpc) is 3.12. The van der Waals surface area contributed by atoms with Crippen molar-refractivity contribution < 1.29 is 9.84 Å². The molecule has 0 saturated heterocycles. The first-order valence-electron chi connectivity index (χ1n) is 6.12. The second-order valence-corrected chi connectivity index (χ2v) is 5.25. The minimum Gasteiger partial charge on any atom is -0.363 e. The lowest BCUT2D eigenvalue weighted by Crippen LogP contribution is -1.99. The van der Waals surface area contributed by atoms with Gasteiger partial charge in [0, 0.05) is 40.7 Å². The van der Waals surface area contributed by atoms with Crippen LogP contribution in [0.2, 0.25) is 0 Å². The SMILES string of the molecule is C=C(c1nc(C(O)OC)cs1)c1c[nH]c2ccccc12. The van der Waals surface area contributed by atoms with Crippen LogP contribution in [0, 0.1) is 0 Å². The monoisotopic (exact) mass is 286 g/mol. The van der Waals surface area contributed by atoms with Crippen LogP contribution < -0.4 is 0 Å². The molecule has 4 nitrogen and oxygen atoms in total. The molecular weight excluding hydrogens is 272 g/mol. The molecule has 20 heavy (non-hydrogen) atoms. The highest BCUT2D eigenvalue weighted by Gasteiger charge is 2.15. The van der Waals surface area contributed by atoms with Crippen molar-refractivity contribution in [3.63, 3.8) is 0 Å². The Kier molecular flexibility index (Phi) is 3.40. The van der Waals surface area contributed by atoms with Gasteiger partial charge in [-0.15, -0.1) is 11.3 Å². The van der Waals surface area contributed by atoms with E-state index in [1.807, 2.05) is 30.5 Å².